The van der Waals surface area contributed by atoms with Gasteiger partial charge in [-0.1, -0.05) is 197 Å². The topological polar surface area (TPSA) is 95.9 Å². The molecule has 0 aromatic rings. The number of unbranched alkanes of at least 4 members (excludes halogenated alkanes) is 21. The Balaban J connectivity index is 4.62. The molecular weight excluding hydrogens is 695 g/mol. The zero-order valence-corrected chi connectivity index (χ0v) is 36.8. The smallest absolute Gasteiger partial charge is 0.306 e. The van der Waals surface area contributed by atoms with E-state index in [-0.39, 0.29) is 24.9 Å². The van der Waals surface area contributed by atoms with Crippen molar-refractivity contribution in [3.63, 3.8) is 0 Å². The van der Waals surface area contributed by atoms with Crippen molar-refractivity contribution in [2.45, 2.75) is 238 Å². The van der Waals surface area contributed by atoms with E-state index in [4.69, 9.17) is 4.74 Å². The second-order valence-corrected chi connectivity index (χ2v) is 15.8. The SMILES string of the molecule is CC/C=C/C=C/C=C/CCCCCCCCCC(=O)OC(CCCCCCC/C=C/C/C=C/CC)CC(=O)NC(CO)C(O)CCCCCCCCCCCC. The molecule has 0 aromatic carbocycles. The van der Waals surface area contributed by atoms with Crippen LogP contribution in [0.5, 0.6) is 0 Å². The third-order valence-electron chi connectivity index (χ3n) is 10.4. The molecule has 6 heteroatoms. The maximum atomic E-state index is 13.1. The fraction of sp³-hybridized carbons (Fsp3) is 0.760. The third kappa shape index (κ3) is 38.4. The van der Waals surface area contributed by atoms with Gasteiger partial charge < -0.3 is 20.3 Å². The molecule has 56 heavy (non-hydrogen) atoms. The van der Waals surface area contributed by atoms with Gasteiger partial charge in [-0.3, -0.25) is 9.59 Å². The van der Waals surface area contributed by atoms with Crippen LogP contribution < -0.4 is 5.32 Å². The van der Waals surface area contributed by atoms with Crippen LogP contribution in [0.2, 0.25) is 0 Å². The van der Waals surface area contributed by atoms with Gasteiger partial charge in [0.25, 0.3) is 0 Å². The van der Waals surface area contributed by atoms with Crippen molar-refractivity contribution in [1.82, 2.24) is 5.32 Å². The van der Waals surface area contributed by atoms with Crippen LogP contribution in [0.4, 0.5) is 0 Å². The van der Waals surface area contributed by atoms with Crippen molar-refractivity contribution in [2.75, 3.05) is 6.61 Å². The molecule has 324 valence electrons. The molecule has 0 heterocycles. The Morgan fingerprint density at radius 1 is 0.554 bits per heavy atom. The molecule has 0 aromatic heterocycles. The summed E-state index contributed by atoms with van der Waals surface area (Å²) in [6.07, 6.45) is 52.8. The van der Waals surface area contributed by atoms with Crippen molar-refractivity contribution in [3.05, 3.63) is 60.8 Å². The van der Waals surface area contributed by atoms with Crippen molar-refractivity contribution in [3.8, 4) is 0 Å². The van der Waals surface area contributed by atoms with Crippen LogP contribution >= 0.6 is 0 Å². The quantitative estimate of drug-likeness (QED) is 0.0248. The van der Waals surface area contributed by atoms with Crippen molar-refractivity contribution in [2.24, 2.45) is 0 Å². The molecule has 0 aliphatic heterocycles. The summed E-state index contributed by atoms with van der Waals surface area (Å²) >= 11 is 0. The summed E-state index contributed by atoms with van der Waals surface area (Å²) in [5.41, 5.74) is 0. The fourth-order valence-corrected chi connectivity index (χ4v) is 6.88. The van der Waals surface area contributed by atoms with Gasteiger partial charge >= 0.3 is 5.97 Å². The van der Waals surface area contributed by atoms with Gasteiger partial charge in [-0.2, -0.15) is 0 Å². The summed E-state index contributed by atoms with van der Waals surface area (Å²) in [5, 5.41) is 23.6. The van der Waals surface area contributed by atoms with Crippen LogP contribution in [0.3, 0.4) is 0 Å². The Hall–Kier alpha value is -2.44. The van der Waals surface area contributed by atoms with Gasteiger partial charge in [0.1, 0.15) is 6.10 Å². The zero-order chi connectivity index (χ0) is 41.0. The lowest BCUT2D eigenvalue weighted by atomic mass is 10.0. The Bertz CT molecular complexity index is 1010. The van der Waals surface area contributed by atoms with Gasteiger partial charge in [-0.15, -0.1) is 0 Å². The molecular formula is C50H89NO5. The molecule has 0 aliphatic rings. The summed E-state index contributed by atoms with van der Waals surface area (Å²) in [6.45, 7) is 6.22. The lowest BCUT2D eigenvalue weighted by Gasteiger charge is -2.24. The molecule has 0 saturated heterocycles. The first-order chi connectivity index (χ1) is 27.5. The van der Waals surface area contributed by atoms with E-state index in [1.807, 2.05) is 0 Å². The predicted octanol–water partition coefficient (Wildman–Crippen LogP) is 13.7. The number of hydrogen-bond acceptors (Lipinski definition) is 5. The van der Waals surface area contributed by atoms with Gasteiger partial charge in [-0.25, -0.2) is 0 Å². The molecule has 6 nitrogen and oxygen atoms in total. The molecule has 3 atom stereocenters. The number of nitrogens with one attached hydrogen (secondary N) is 1. The minimum atomic E-state index is -0.793. The Kier molecular flexibility index (Phi) is 41.8. The third-order valence-corrected chi connectivity index (χ3v) is 10.4. The van der Waals surface area contributed by atoms with E-state index in [1.165, 1.54) is 83.5 Å². The number of aliphatic hydroxyl groups excluding tert-OH is 2. The van der Waals surface area contributed by atoms with E-state index in [9.17, 15) is 19.8 Å². The molecule has 3 N–H and O–H groups in total. The van der Waals surface area contributed by atoms with E-state index < -0.39 is 18.2 Å². The van der Waals surface area contributed by atoms with Crippen LogP contribution in [0, 0.1) is 0 Å². The molecule has 0 bridgehead atoms. The fourth-order valence-electron chi connectivity index (χ4n) is 6.88. The molecule has 0 spiro atoms. The number of esters is 1. The summed E-state index contributed by atoms with van der Waals surface area (Å²) in [5.74, 6) is -0.505. The number of allylic oxidation sites excluding steroid dienone is 10. The average molecular weight is 784 g/mol. The van der Waals surface area contributed by atoms with Gasteiger partial charge in [0, 0.05) is 6.42 Å². The predicted molar refractivity (Wildman–Crippen MR) is 241 cm³/mol. The summed E-state index contributed by atoms with van der Waals surface area (Å²) in [4.78, 5) is 26.0. The number of carbonyl (C=O) groups excluding carboxylic acids is 2. The normalized spacial score (nSPS) is 13.9. The van der Waals surface area contributed by atoms with E-state index in [0.717, 1.165) is 89.9 Å². The summed E-state index contributed by atoms with van der Waals surface area (Å²) in [7, 11) is 0. The van der Waals surface area contributed by atoms with Crippen molar-refractivity contribution >= 4 is 11.9 Å². The molecule has 0 fully saturated rings. The number of ether oxygens (including phenoxy) is 1. The molecule has 0 radical (unpaired) electrons. The average Bonchev–Trinajstić information content (AvgIpc) is 3.19. The first kappa shape index (κ1) is 53.6. The van der Waals surface area contributed by atoms with Gasteiger partial charge in [-0.05, 0) is 70.6 Å². The highest BCUT2D eigenvalue weighted by Crippen LogP contribution is 2.17. The number of hydrogen-bond donors (Lipinski definition) is 3. The van der Waals surface area contributed by atoms with Crippen LogP contribution in [0.15, 0.2) is 60.8 Å². The maximum Gasteiger partial charge on any atom is 0.306 e. The largest absolute Gasteiger partial charge is 0.462 e. The molecule has 0 saturated carbocycles. The van der Waals surface area contributed by atoms with Crippen LogP contribution in [0.25, 0.3) is 0 Å². The number of aliphatic hydroxyl groups is 2. The lowest BCUT2D eigenvalue weighted by Crippen LogP contribution is -2.46. The van der Waals surface area contributed by atoms with Crippen molar-refractivity contribution < 1.29 is 24.5 Å². The molecule has 1 amide bonds. The number of carbonyl (C=O) groups is 2. The van der Waals surface area contributed by atoms with Crippen molar-refractivity contribution in [1.29, 1.82) is 0 Å². The maximum absolute atomic E-state index is 13.1. The molecule has 0 rings (SSSR count). The number of rotatable bonds is 41. The van der Waals surface area contributed by atoms with E-state index in [0.29, 0.717) is 19.3 Å². The molecule has 3 unspecified atom stereocenters. The summed E-state index contributed by atoms with van der Waals surface area (Å²) < 4.78 is 5.90. The van der Waals surface area contributed by atoms with Gasteiger partial charge in [0.2, 0.25) is 5.91 Å². The Morgan fingerprint density at radius 2 is 1.05 bits per heavy atom. The van der Waals surface area contributed by atoms with E-state index in [2.05, 4.69) is 86.8 Å². The highest BCUT2D eigenvalue weighted by atomic mass is 16.5. The highest BCUT2D eigenvalue weighted by molar-refractivity contribution is 5.77. The van der Waals surface area contributed by atoms with Crippen LogP contribution in [-0.2, 0) is 14.3 Å². The van der Waals surface area contributed by atoms with E-state index in [1.54, 1.807) is 0 Å². The first-order valence-electron chi connectivity index (χ1n) is 23.5. The van der Waals surface area contributed by atoms with Gasteiger partial charge in [0.05, 0.1) is 25.2 Å². The zero-order valence-electron chi connectivity index (χ0n) is 36.8. The Morgan fingerprint density at radius 3 is 1.64 bits per heavy atom. The highest BCUT2D eigenvalue weighted by Gasteiger charge is 2.24. The second-order valence-electron chi connectivity index (χ2n) is 15.8. The van der Waals surface area contributed by atoms with Crippen LogP contribution in [0.1, 0.15) is 220 Å². The minimum absolute atomic E-state index is 0.0614. The molecule has 0 aliphatic carbocycles. The second kappa shape index (κ2) is 43.7. The van der Waals surface area contributed by atoms with Crippen LogP contribution in [-0.4, -0.2) is 46.9 Å². The van der Waals surface area contributed by atoms with Gasteiger partial charge in [0.15, 0.2) is 0 Å². The first-order valence-corrected chi connectivity index (χ1v) is 23.5. The monoisotopic (exact) mass is 784 g/mol. The minimum Gasteiger partial charge on any atom is -0.462 e. The lowest BCUT2D eigenvalue weighted by molar-refractivity contribution is -0.151. The Labute approximate surface area is 346 Å². The van der Waals surface area contributed by atoms with E-state index >= 15 is 0 Å². The summed E-state index contributed by atoms with van der Waals surface area (Å²) in [6, 6.07) is -0.708. The number of amides is 1. The standard InChI is InChI=1S/C50H89NO5/c1-4-7-10-13-16-19-22-24-25-26-28-31-34-37-40-43-50(55)56-46(41-38-35-32-29-27-23-20-17-14-11-8-5-2)44-49(54)51-47(45-52)48(53)42-39-36-33-30-21-18-15-12-9-6-3/h7-8,10-11,13,16-17,19-20,22,46-48,52-53H,4-6,9,12,14-15,18,21,23-45H2,1-3H3,(H,51,54)/b10-7+,11-8+,16-13+,20-17+,22-19+.